The van der Waals surface area contributed by atoms with E-state index in [1.54, 1.807) is 14.0 Å². The van der Waals surface area contributed by atoms with Gasteiger partial charge in [0.25, 0.3) is 0 Å². The van der Waals surface area contributed by atoms with E-state index in [0.717, 1.165) is 16.7 Å². The molecule has 178 valence electrons. The number of carboxylic acids is 1. The molecule has 1 atom stereocenters. The van der Waals surface area contributed by atoms with Crippen LogP contribution in [0.4, 0.5) is 10.6 Å². The predicted octanol–water partition coefficient (Wildman–Crippen LogP) is 4.43. The number of ether oxygens (including phenoxy) is 1. The number of hydrogen-bond donors (Lipinski definition) is 2. The monoisotopic (exact) mass is 490 g/mol. The van der Waals surface area contributed by atoms with Gasteiger partial charge in [0, 0.05) is 18.2 Å². The van der Waals surface area contributed by atoms with Crippen LogP contribution in [0.1, 0.15) is 36.4 Å². The fraction of sp³-hybridized carbons (Fsp3) is 0.250. The molecule has 2 aromatic heterocycles. The number of hydrogen-bond acceptors (Lipinski definition) is 8. The Morgan fingerprint density at radius 2 is 1.74 bits per heavy atom. The molecule has 0 saturated heterocycles. The molecule has 1 amide bonds. The molecule has 1 aliphatic carbocycles. The van der Waals surface area contributed by atoms with Gasteiger partial charge in [-0.25, -0.2) is 9.48 Å². The third-order valence-electron chi connectivity index (χ3n) is 6.00. The van der Waals surface area contributed by atoms with Crippen LogP contribution in [-0.2, 0) is 22.0 Å². The summed E-state index contributed by atoms with van der Waals surface area (Å²) in [5.74, 6) is -0.451. The summed E-state index contributed by atoms with van der Waals surface area (Å²) in [5.41, 5.74) is 2.06. The van der Waals surface area contributed by atoms with Crippen molar-refractivity contribution < 1.29 is 19.4 Å². The van der Waals surface area contributed by atoms with Crippen molar-refractivity contribution in [1.29, 1.82) is 0 Å². The maximum absolute atomic E-state index is 12.5. The minimum Gasteiger partial charge on any atom is -0.481 e. The number of aliphatic carboxylic acids is 1. The highest BCUT2D eigenvalue weighted by atomic mass is 32.1. The van der Waals surface area contributed by atoms with E-state index >= 15 is 0 Å². The zero-order valence-corrected chi connectivity index (χ0v) is 19.8. The number of nitrogens with one attached hydrogen (secondary N) is 1. The Morgan fingerprint density at radius 3 is 2.40 bits per heavy atom. The molecule has 2 aromatic carbocycles. The Labute approximate surface area is 204 Å². The van der Waals surface area contributed by atoms with Gasteiger partial charge in [-0.3, -0.25) is 10.1 Å². The van der Waals surface area contributed by atoms with Crippen LogP contribution >= 0.6 is 11.3 Å². The van der Waals surface area contributed by atoms with Crippen LogP contribution < -0.4 is 5.32 Å². The molecule has 0 aliphatic heterocycles. The van der Waals surface area contributed by atoms with Gasteiger partial charge in [0.2, 0.25) is 0 Å². The number of carbonyl (C=O) groups is 2. The maximum Gasteiger partial charge on any atom is 0.413 e. The lowest BCUT2D eigenvalue weighted by molar-refractivity contribution is -0.140. The van der Waals surface area contributed by atoms with E-state index in [1.165, 1.54) is 16.0 Å². The first-order chi connectivity index (χ1) is 16.9. The number of carboxylic acid groups (broad SMARTS) is 1. The van der Waals surface area contributed by atoms with E-state index in [1.807, 2.05) is 54.6 Å². The van der Waals surface area contributed by atoms with Crippen molar-refractivity contribution in [3.8, 4) is 21.8 Å². The van der Waals surface area contributed by atoms with Crippen LogP contribution in [-0.4, -0.2) is 42.4 Å². The van der Waals surface area contributed by atoms with Crippen molar-refractivity contribution >= 4 is 29.2 Å². The third kappa shape index (κ3) is 4.37. The number of rotatable bonds is 7. The molecule has 1 fully saturated rings. The van der Waals surface area contributed by atoms with E-state index in [-0.39, 0.29) is 0 Å². The smallest absolute Gasteiger partial charge is 0.413 e. The Kier molecular flexibility index (Phi) is 5.77. The molecule has 35 heavy (non-hydrogen) atoms. The summed E-state index contributed by atoms with van der Waals surface area (Å²) in [6, 6.07) is 16.9. The molecular weight excluding hydrogens is 468 g/mol. The maximum atomic E-state index is 12.5. The lowest BCUT2D eigenvalue weighted by Crippen LogP contribution is -2.19. The number of aryl methyl sites for hydroxylation is 1. The van der Waals surface area contributed by atoms with Gasteiger partial charge in [-0.2, -0.15) is 0 Å². The first-order valence-electron chi connectivity index (χ1n) is 11.0. The van der Waals surface area contributed by atoms with Crippen LogP contribution in [0.25, 0.3) is 21.8 Å². The SMILES string of the molecule is CC(OC(=O)Nc1c(-c2ccc(-c3nnc(C4(C(=O)O)CC4)s3)cc2)nnn1C)c1ccccc1. The molecular formula is C24H22N6O4S. The van der Waals surface area contributed by atoms with Gasteiger partial charge in [0.1, 0.15) is 27.2 Å². The van der Waals surface area contributed by atoms with Crippen molar-refractivity contribution in [1.82, 2.24) is 25.2 Å². The van der Waals surface area contributed by atoms with Gasteiger partial charge < -0.3 is 9.84 Å². The molecule has 1 saturated carbocycles. The Balaban J connectivity index is 1.31. The van der Waals surface area contributed by atoms with Gasteiger partial charge in [0.15, 0.2) is 5.82 Å². The highest BCUT2D eigenvalue weighted by Gasteiger charge is 2.54. The molecule has 0 spiro atoms. The van der Waals surface area contributed by atoms with Crippen LogP contribution in [0.3, 0.4) is 0 Å². The number of benzene rings is 2. The summed E-state index contributed by atoms with van der Waals surface area (Å²) in [7, 11) is 1.68. The molecule has 0 radical (unpaired) electrons. The quantitative estimate of drug-likeness (QED) is 0.389. The van der Waals surface area contributed by atoms with Gasteiger partial charge in [-0.05, 0) is 25.3 Å². The highest BCUT2D eigenvalue weighted by Crippen LogP contribution is 2.50. The van der Waals surface area contributed by atoms with Crippen molar-refractivity contribution in [3.05, 3.63) is 65.2 Å². The summed E-state index contributed by atoms with van der Waals surface area (Å²) < 4.78 is 6.98. The van der Waals surface area contributed by atoms with Crippen molar-refractivity contribution in [2.75, 3.05) is 5.32 Å². The predicted molar refractivity (Wildman–Crippen MR) is 129 cm³/mol. The molecule has 5 rings (SSSR count). The average molecular weight is 491 g/mol. The van der Waals surface area contributed by atoms with Gasteiger partial charge in [0.05, 0.1) is 0 Å². The minimum atomic E-state index is -0.872. The lowest BCUT2D eigenvalue weighted by Gasteiger charge is -2.14. The summed E-state index contributed by atoms with van der Waals surface area (Å²) in [6.07, 6.45) is 0.141. The Morgan fingerprint density at radius 1 is 1.06 bits per heavy atom. The molecule has 11 heteroatoms. The average Bonchev–Trinajstić information content (AvgIpc) is 3.40. The first kappa shape index (κ1) is 22.7. The topological polar surface area (TPSA) is 132 Å². The normalized spacial score (nSPS) is 14.8. The summed E-state index contributed by atoms with van der Waals surface area (Å²) in [4.78, 5) is 24.1. The largest absolute Gasteiger partial charge is 0.481 e. The second kappa shape index (κ2) is 8.91. The van der Waals surface area contributed by atoms with E-state index in [2.05, 4.69) is 25.8 Å². The van der Waals surface area contributed by atoms with Crippen molar-refractivity contribution in [2.45, 2.75) is 31.3 Å². The van der Waals surface area contributed by atoms with Crippen molar-refractivity contribution in [2.24, 2.45) is 7.05 Å². The fourth-order valence-electron chi connectivity index (χ4n) is 3.72. The van der Waals surface area contributed by atoms with Crippen LogP contribution in [0.5, 0.6) is 0 Å². The number of amides is 1. The van der Waals surface area contributed by atoms with Crippen LogP contribution in [0, 0.1) is 0 Å². The van der Waals surface area contributed by atoms with Crippen LogP contribution in [0.15, 0.2) is 54.6 Å². The number of anilines is 1. The van der Waals surface area contributed by atoms with Crippen LogP contribution in [0.2, 0.25) is 0 Å². The molecule has 2 heterocycles. The molecule has 10 nitrogen and oxygen atoms in total. The van der Waals surface area contributed by atoms with E-state index in [9.17, 15) is 14.7 Å². The van der Waals surface area contributed by atoms with E-state index < -0.39 is 23.6 Å². The molecule has 4 aromatic rings. The Hall–Kier alpha value is -4.12. The van der Waals surface area contributed by atoms with Gasteiger partial charge in [-0.1, -0.05) is 71.1 Å². The second-order valence-corrected chi connectivity index (χ2v) is 9.35. The number of carbonyl (C=O) groups excluding carboxylic acids is 1. The zero-order valence-electron chi connectivity index (χ0n) is 19.0. The Bertz CT molecular complexity index is 1380. The van der Waals surface area contributed by atoms with Gasteiger partial charge in [-0.15, -0.1) is 15.3 Å². The third-order valence-corrected chi connectivity index (χ3v) is 7.18. The highest BCUT2D eigenvalue weighted by molar-refractivity contribution is 7.15. The van der Waals surface area contributed by atoms with E-state index in [4.69, 9.17) is 4.74 Å². The van der Waals surface area contributed by atoms with E-state index in [0.29, 0.717) is 34.4 Å². The lowest BCUT2D eigenvalue weighted by atomic mass is 10.1. The zero-order chi connectivity index (χ0) is 24.6. The van der Waals surface area contributed by atoms with Crippen molar-refractivity contribution in [3.63, 3.8) is 0 Å². The fourth-order valence-corrected chi connectivity index (χ4v) is 4.81. The number of aromatic nitrogens is 5. The molecule has 1 aliphatic rings. The molecule has 0 bridgehead atoms. The van der Waals surface area contributed by atoms with Gasteiger partial charge >= 0.3 is 12.1 Å². The molecule has 1 unspecified atom stereocenters. The standard InChI is InChI=1S/C24H22N6O4S/c1-14(15-6-4-3-5-7-15)34-23(33)25-19-18(26-29-30(19)2)16-8-10-17(11-9-16)20-27-28-21(35-20)24(12-13-24)22(31)32/h3-11,14H,12-13H2,1-2H3,(H,25,33)(H,31,32). The number of nitrogens with zero attached hydrogens (tertiary/aromatic N) is 5. The summed E-state index contributed by atoms with van der Waals surface area (Å²) in [5, 5.41) is 30.0. The summed E-state index contributed by atoms with van der Waals surface area (Å²) >= 11 is 1.30. The molecule has 2 N–H and O–H groups in total. The second-order valence-electron chi connectivity index (χ2n) is 8.37. The minimum absolute atomic E-state index is 0.401. The first-order valence-corrected chi connectivity index (χ1v) is 11.8. The summed E-state index contributed by atoms with van der Waals surface area (Å²) in [6.45, 7) is 1.80.